The van der Waals surface area contributed by atoms with Crippen molar-refractivity contribution in [2.45, 2.75) is 6.10 Å². The van der Waals surface area contributed by atoms with Gasteiger partial charge in [0.05, 0.1) is 13.2 Å². The normalized spacial score (nSPS) is 18.8. The van der Waals surface area contributed by atoms with E-state index in [1.54, 1.807) is 29.2 Å². The molecule has 0 saturated carbocycles. The maximum absolute atomic E-state index is 13.0. The van der Waals surface area contributed by atoms with E-state index >= 15 is 0 Å². The highest BCUT2D eigenvalue weighted by atomic mass is 79.9. The third kappa shape index (κ3) is 3.16. The predicted octanol–water partition coefficient (Wildman–Crippen LogP) is 3.39. The Kier molecular flexibility index (Phi) is 4.07. The number of rotatable bonds is 2. The third-order valence-corrected chi connectivity index (χ3v) is 3.81. The van der Waals surface area contributed by atoms with Gasteiger partial charge in [-0.25, -0.2) is 4.39 Å². The summed E-state index contributed by atoms with van der Waals surface area (Å²) in [5, 5.41) is 0. The van der Waals surface area contributed by atoms with Crippen molar-refractivity contribution in [1.29, 1.82) is 0 Å². The molecule has 1 unspecified atom stereocenters. The molecule has 1 aromatic carbocycles. The molecule has 0 spiro atoms. The van der Waals surface area contributed by atoms with Gasteiger partial charge in [0.25, 0.3) is 5.91 Å². The summed E-state index contributed by atoms with van der Waals surface area (Å²) in [5.74, 6) is -0.166. The van der Waals surface area contributed by atoms with Gasteiger partial charge in [-0.15, -0.1) is 0 Å². The molecule has 1 amide bonds. The first-order valence-electron chi connectivity index (χ1n) is 6.55. The lowest BCUT2D eigenvalue weighted by molar-refractivity contribution is -0.0238. The van der Waals surface area contributed by atoms with E-state index < -0.39 is 0 Å². The lowest BCUT2D eigenvalue weighted by Gasteiger charge is -2.32. The summed E-state index contributed by atoms with van der Waals surface area (Å²) in [6.07, 6.45) is -0.248. The molecule has 0 aliphatic carbocycles. The van der Waals surface area contributed by atoms with Crippen molar-refractivity contribution in [2.24, 2.45) is 0 Å². The molecule has 1 aliphatic rings. The maximum atomic E-state index is 13.0. The van der Waals surface area contributed by atoms with Gasteiger partial charge in [0.1, 0.15) is 11.9 Å². The zero-order chi connectivity index (χ0) is 14.8. The summed E-state index contributed by atoms with van der Waals surface area (Å²) in [7, 11) is 0. The average Bonchev–Trinajstić information content (AvgIpc) is 2.94. The molecular formula is C15H13BrFNO3. The van der Waals surface area contributed by atoms with E-state index in [0.717, 1.165) is 5.56 Å². The number of halogens is 2. The Morgan fingerprint density at radius 3 is 2.67 bits per heavy atom. The molecule has 2 aromatic rings. The molecule has 1 fully saturated rings. The lowest BCUT2D eigenvalue weighted by atomic mass is 10.1. The smallest absolute Gasteiger partial charge is 0.289 e. The minimum absolute atomic E-state index is 0.170. The zero-order valence-electron chi connectivity index (χ0n) is 11.1. The number of hydrogen-bond acceptors (Lipinski definition) is 3. The van der Waals surface area contributed by atoms with Crippen LogP contribution in [0.2, 0.25) is 0 Å². The Labute approximate surface area is 129 Å². The first-order chi connectivity index (χ1) is 10.1. The number of hydrogen-bond donors (Lipinski definition) is 0. The number of carbonyl (C=O) groups is 1. The van der Waals surface area contributed by atoms with Crippen molar-refractivity contribution in [3.63, 3.8) is 0 Å². The second kappa shape index (κ2) is 5.99. The first-order valence-corrected chi connectivity index (χ1v) is 7.34. The van der Waals surface area contributed by atoms with Gasteiger partial charge in [-0.3, -0.25) is 4.79 Å². The topological polar surface area (TPSA) is 42.7 Å². The van der Waals surface area contributed by atoms with E-state index in [0.29, 0.717) is 30.1 Å². The monoisotopic (exact) mass is 353 g/mol. The van der Waals surface area contributed by atoms with Crippen LogP contribution >= 0.6 is 15.9 Å². The number of amides is 1. The van der Waals surface area contributed by atoms with E-state index in [1.165, 1.54) is 12.1 Å². The van der Waals surface area contributed by atoms with Crippen LogP contribution in [0, 0.1) is 5.82 Å². The lowest BCUT2D eigenvalue weighted by Crippen LogP contribution is -2.42. The summed E-state index contributed by atoms with van der Waals surface area (Å²) in [4.78, 5) is 14.0. The summed E-state index contributed by atoms with van der Waals surface area (Å²) in [6.45, 7) is 1.37. The molecule has 3 rings (SSSR count). The van der Waals surface area contributed by atoms with Crippen LogP contribution in [0.15, 0.2) is 45.5 Å². The van der Waals surface area contributed by atoms with Gasteiger partial charge in [0.2, 0.25) is 0 Å². The van der Waals surface area contributed by atoms with Gasteiger partial charge in [-0.1, -0.05) is 12.1 Å². The molecular weight excluding hydrogens is 341 g/mol. The fourth-order valence-electron chi connectivity index (χ4n) is 2.30. The van der Waals surface area contributed by atoms with Crippen molar-refractivity contribution in [2.75, 3.05) is 19.7 Å². The van der Waals surface area contributed by atoms with E-state index in [4.69, 9.17) is 9.15 Å². The highest BCUT2D eigenvalue weighted by Crippen LogP contribution is 2.24. The fourth-order valence-corrected chi connectivity index (χ4v) is 2.60. The van der Waals surface area contributed by atoms with Crippen LogP contribution in [-0.2, 0) is 4.74 Å². The highest BCUT2D eigenvalue weighted by molar-refractivity contribution is 9.10. The van der Waals surface area contributed by atoms with Crippen LogP contribution in [0.4, 0.5) is 4.39 Å². The van der Waals surface area contributed by atoms with Gasteiger partial charge in [-0.2, -0.15) is 0 Å². The number of ether oxygens (including phenoxy) is 1. The quantitative estimate of drug-likeness (QED) is 0.830. The van der Waals surface area contributed by atoms with Crippen LogP contribution in [0.3, 0.4) is 0 Å². The highest BCUT2D eigenvalue weighted by Gasteiger charge is 2.27. The van der Waals surface area contributed by atoms with Gasteiger partial charge in [0.15, 0.2) is 10.4 Å². The van der Waals surface area contributed by atoms with Crippen molar-refractivity contribution >= 4 is 21.8 Å². The van der Waals surface area contributed by atoms with E-state index in [9.17, 15) is 9.18 Å². The zero-order valence-corrected chi connectivity index (χ0v) is 12.7. The van der Waals surface area contributed by atoms with Crippen LogP contribution in [0.5, 0.6) is 0 Å². The third-order valence-electron chi connectivity index (χ3n) is 3.38. The molecule has 110 valence electrons. The van der Waals surface area contributed by atoms with Crippen molar-refractivity contribution in [3.05, 3.63) is 58.2 Å². The van der Waals surface area contributed by atoms with Crippen LogP contribution in [-0.4, -0.2) is 30.5 Å². The maximum Gasteiger partial charge on any atom is 0.289 e. The number of carbonyl (C=O) groups excluding carboxylic acids is 1. The molecule has 1 aromatic heterocycles. The largest absolute Gasteiger partial charge is 0.444 e. The van der Waals surface area contributed by atoms with Crippen molar-refractivity contribution in [1.82, 2.24) is 4.90 Å². The van der Waals surface area contributed by atoms with Gasteiger partial charge in [-0.05, 0) is 45.8 Å². The molecule has 6 heteroatoms. The Bertz CT molecular complexity index is 641. The summed E-state index contributed by atoms with van der Waals surface area (Å²) >= 11 is 3.18. The number of furan rings is 1. The van der Waals surface area contributed by atoms with Gasteiger partial charge in [0, 0.05) is 6.54 Å². The van der Waals surface area contributed by atoms with E-state index in [-0.39, 0.29) is 17.8 Å². The first kappa shape index (κ1) is 14.3. The van der Waals surface area contributed by atoms with Crippen molar-refractivity contribution in [3.8, 4) is 0 Å². The van der Waals surface area contributed by atoms with Crippen LogP contribution in [0.25, 0.3) is 0 Å². The molecule has 0 radical (unpaired) electrons. The Hall–Kier alpha value is -1.66. The molecule has 21 heavy (non-hydrogen) atoms. The van der Waals surface area contributed by atoms with Crippen molar-refractivity contribution < 1.29 is 18.3 Å². The molecule has 2 heterocycles. The summed E-state index contributed by atoms with van der Waals surface area (Å²) in [6, 6.07) is 9.46. The van der Waals surface area contributed by atoms with Gasteiger partial charge >= 0.3 is 0 Å². The molecule has 0 bridgehead atoms. The van der Waals surface area contributed by atoms with Crippen LogP contribution < -0.4 is 0 Å². The molecule has 1 atom stereocenters. The number of nitrogens with zero attached hydrogens (tertiary/aromatic N) is 1. The molecule has 4 nitrogen and oxygen atoms in total. The summed E-state index contributed by atoms with van der Waals surface area (Å²) < 4.78 is 24.4. The van der Waals surface area contributed by atoms with Gasteiger partial charge < -0.3 is 14.1 Å². The second-order valence-corrected chi connectivity index (χ2v) is 5.55. The Balaban J connectivity index is 1.73. The second-order valence-electron chi connectivity index (χ2n) is 4.77. The van der Waals surface area contributed by atoms with Crippen LogP contribution in [0.1, 0.15) is 22.2 Å². The SMILES string of the molecule is O=C(c1ccc(Br)o1)N1CCOC(c2ccc(F)cc2)C1. The Morgan fingerprint density at radius 2 is 2.00 bits per heavy atom. The predicted molar refractivity (Wildman–Crippen MR) is 77.4 cm³/mol. The molecule has 0 N–H and O–H groups in total. The fraction of sp³-hybridized carbons (Fsp3) is 0.267. The summed E-state index contributed by atoms with van der Waals surface area (Å²) in [5.41, 5.74) is 0.856. The minimum atomic E-state index is -0.289. The minimum Gasteiger partial charge on any atom is -0.444 e. The number of benzene rings is 1. The molecule has 1 saturated heterocycles. The Morgan fingerprint density at radius 1 is 1.24 bits per heavy atom. The molecule has 1 aliphatic heterocycles. The average molecular weight is 354 g/mol. The van der Waals surface area contributed by atoms with E-state index in [1.807, 2.05) is 0 Å². The number of morpholine rings is 1. The standard InChI is InChI=1S/C15H13BrFNO3/c16-14-6-5-12(21-14)15(19)18-7-8-20-13(9-18)10-1-3-11(17)4-2-10/h1-6,13H,7-9H2. The van der Waals surface area contributed by atoms with E-state index in [2.05, 4.69) is 15.9 Å².